The fraction of sp³-hybridized carbons (Fsp3) is 0.500. The van der Waals surface area contributed by atoms with E-state index in [1.54, 1.807) is 6.07 Å². The Hall–Kier alpha value is -1.67. The molecule has 1 nitrogen and oxygen atoms in total. The van der Waals surface area contributed by atoms with E-state index in [1.165, 1.54) is 5.57 Å². The highest BCUT2D eigenvalue weighted by Crippen LogP contribution is 2.33. The molecule has 0 unspecified atom stereocenters. The van der Waals surface area contributed by atoms with Crippen molar-refractivity contribution in [3.63, 3.8) is 0 Å². The molecule has 26 heavy (non-hydrogen) atoms. The van der Waals surface area contributed by atoms with E-state index < -0.39 is 0 Å². The molecule has 1 aliphatic rings. The van der Waals surface area contributed by atoms with Crippen molar-refractivity contribution in [3.8, 4) is 0 Å². The van der Waals surface area contributed by atoms with Gasteiger partial charge in [0.15, 0.2) is 0 Å². The first-order valence-electron chi connectivity index (χ1n) is 9.91. The molecule has 0 aliphatic carbocycles. The van der Waals surface area contributed by atoms with Crippen molar-refractivity contribution in [3.05, 3.63) is 71.6 Å². The molecular formula is C24H38FN. The van der Waals surface area contributed by atoms with Gasteiger partial charge in [0, 0.05) is 24.2 Å². The van der Waals surface area contributed by atoms with Crippen LogP contribution < -0.4 is 0 Å². The van der Waals surface area contributed by atoms with Crippen LogP contribution in [0.25, 0.3) is 0 Å². The van der Waals surface area contributed by atoms with Crippen LogP contribution in [0.15, 0.2) is 54.7 Å². The Morgan fingerprint density at radius 3 is 2.42 bits per heavy atom. The molecule has 0 aromatic heterocycles. The Morgan fingerprint density at radius 1 is 1.19 bits per heavy atom. The predicted octanol–water partition coefficient (Wildman–Crippen LogP) is 7.44. The van der Waals surface area contributed by atoms with Crippen LogP contribution >= 0.6 is 0 Å². The maximum atomic E-state index is 13.9. The zero-order valence-electron chi connectivity index (χ0n) is 17.9. The number of nitrogens with zero attached hydrogens (tertiary/aromatic N) is 1. The van der Waals surface area contributed by atoms with Crippen molar-refractivity contribution < 1.29 is 4.39 Å². The minimum atomic E-state index is -0.0688. The third kappa shape index (κ3) is 7.29. The van der Waals surface area contributed by atoms with Crippen LogP contribution in [0.5, 0.6) is 0 Å². The SMILES string of the molecule is C=C/C(C)=C\C=C\CCC(C)(C)N1Cc2cccc(F)c2C1.CC.CC. The minimum Gasteiger partial charge on any atom is -0.290 e. The molecule has 0 radical (unpaired) electrons. The van der Waals surface area contributed by atoms with E-state index >= 15 is 0 Å². The molecule has 1 aromatic rings. The van der Waals surface area contributed by atoms with Gasteiger partial charge >= 0.3 is 0 Å². The van der Waals surface area contributed by atoms with Crippen molar-refractivity contribution in [2.75, 3.05) is 0 Å². The van der Waals surface area contributed by atoms with Gasteiger partial charge in [-0.15, -0.1) is 0 Å². The summed E-state index contributed by atoms with van der Waals surface area (Å²) in [6, 6.07) is 5.41. The maximum Gasteiger partial charge on any atom is 0.128 e. The number of hydrogen-bond acceptors (Lipinski definition) is 1. The second kappa shape index (κ2) is 12.6. The largest absolute Gasteiger partial charge is 0.290 e. The molecule has 0 spiro atoms. The van der Waals surface area contributed by atoms with E-state index in [2.05, 4.69) is 43.6 Å². The Balaban J connectivity index is 0.00000146. The van der Waals surface area contributed by atoms with Crippen LogP contribution in [0.4, 0.5) is 4.39 Å². The molecule has 0 saturated heterocycles. The molecule has 0 amide bonds. The third-order valence-corrected chi connectivity index (χ3v) is 4.52. The Kier molecular flexibility index (Phi) is 11.8. The molecule has 1 aliphatic heterocycles. The highest BCUT2D eigenvalue weighted by atomic mass is 19.1. The molecule has 2 heteroatoms. The van der Waals surface area contributed by atoms with Gasteiger partial charge in [-0.1, -0.05) is 76.3 Å². The van der Waals surface area contributed by atoms with Gasteiger partial charge in [0.05, 0.1) is 0 Å². The van der Waals surface area contributed by atoms with E-state index in [9.17, 15) is 4.39 Å². The van der Waals surface area contributed by atoms with E-state index in [0.29, 0.717) is 6.54 Å². The lowest BCUT2D eigenvalue weighted by molar-refractivity contribution is 0.109. The number of rotatable bonds is 6. The van der Waals surface area contributed by atoms with Crippen molar-refractivity contribution in [2.45, 2.75) is 79.9 Å². The van der Waals surface area contributed by atoms with E-state index in [1.807, 2.05) is 52.8 Å². The maximum absolute atomic E-state index is 13.9. The summed E-state index contributed by atoms with van der Waals surface area (Å²) in [6.07, 6.45) is 10.3. The summed E-state index contributed by atoms with van der Waals surface area (Å²) in [5, 5.41) is 0. The number of halogens is 1. The van der Waals surface area contributed by atoms with Gasteiger partial charge in [0.1, 0.15) is 5.82 Å². The molecule has 2 rings (SSSR count). The molecule has 1 aromatic carbocycles. The van der Waals surface area contributed by atoms with Crippen LogP contribution in [0.2, 0.25) is 0 Å². The quantitative estimate of drug-likeness (QED) is 0.477. The number of hydrogen-bond donors (Lipinski definition) is 0. The van der Waals surface area contributed by atoms with E-state index in [4.69, 9.17) is 0 Å². The molecule has 1 heterocycles. The lowest BCUT2D eigenvalue weighted by Crippen LogP contribution is -2.40. The number of fused-ring (bicyclic) bond motifs is 1. The van der Waals surface area contributed by atoms with Gasteiger partial charge in [-0.3, -0.25) is 4.90 Å². The van der Waals surface area contributed by atoms with Gasteiger partial charge in [-0.2, -0.15) is 0 Å². The summed E-state index contributed by atoms with van der Waals surface area (Å²) in [7, 11) is 0. The lowest BCUT2D eigenvalue weighted by atomic mass is 9.96. The van der Waals surface area contributed by atoms with Crippen LogP contribution in [-0.2, 0) is 13.1 Å². The average molecular weight is 360 g/mol. The smallest absolute Gasteiger partial charge is 0.128 e. The molecule has 0 saturated carbocycles. The van der Waals surface area contributed by atoms with Crippen molar-refractivity contribution >= 4 is 0 Å². The molecular weight excluding hydrogens is 321 g/mol. The monoisotopic (exact) mass is 359 g/mol. The van der Waals surface area contributed by atoms with Crippen LogP contribution in [0.3, 0.4) is 0 Å². The van der Waals surface area contributed by atoms with Gasteiger partial charge < -0.3 is 0 Å². The van der Waals surface area contributed by atoms with E-state index in [-0.39, 0.29) is 11.4 Å². The topological polar surface area (TPSA) is 3.24 Å². The molecule has 0 fully saturated rings. The fourth-order valence-corrected chi connectivity index (χ4v) is 2.79. The predicted molar refractivity (Wildman–Crippen MR) is 115 cm³/mol. The molecule has 146 valence electrons. The van der Waals surface area contributed by atoms with Crippen LogP contribution in [0.1, 0.15) is 72.4 Å². The van der Waals surface area contributed by atoms with Gasteiger partial charge in [0.2, 0.25) is 0 Å². The average Bonchev–Trinajstić information content (AvgIpc) is 3.11. The minimum absolute atomic E-state index is 0.0625. The standard InChI is InChI=1S/C20H26FN.2C2H6/c1-5-16(2)10-7-6-8-13-20(3,4)22-14-17-11-9-12-19(21)18(17)15-22;2*1-2/h5-7,9-12H,1,8,13-15H2,2-4H3;2*1-2H3/b7-6+,16-10-;;. The summed E-state index contributed by atoms with van der Waals surface area (Å²) < 4.78 is 13.9. The summed E-state index contributed by atoms with van der Waals surface area (Å²) >= 11 is 0. The second-order valence-corrected chi connectivity index (χ2v) is 6.63. The Labute approximate surface area is 161 Å². The zero-order chi connectivity index (χ0) is 20.2. The number of benzene rings is 1. The summed E-state index contributed by atoms with van der Waals surface area (Å²) in [5.74, 6) is -0.0688. The summed E-state index contributed by atoms with van der Waals surface area (Å²) in [5.41, 5.74) is 3.23. The van der Waals surface area contributed by atoms with Crippen molar-refractivity contribution in [1.29, 1.82) is 0 Å². The lowest BCUT2D eigenvalue weighted by Gasteiger charge is -2.35. The molecule has 0 N–H and O–H groups in total. The first-order chi connectivity index (χ1) is 12.4. The third-order valence-electron chi connectivity index (χ3n) is 4.52. The Bertz CT molecular complexity index is 596. The summed E-state index contributed by atoms with van der Waals surface area (Å²) in [4.78, 5) is 2.37. The Morgan fingerprint density at radius 2 is 1.85 bits per heavy atom. The fourth-order valence-electron chi connectivity index (χ4n) is 2.79. The van der Waals surface area contributed by atoms with Crippen LogP contribution in [0, 0.1) is 5.82 Å². The highest BCUT2D eigenvalue weighted by molar-refractivity contribution is 5.32. The van der Waals surface area contributed by atoms with Crippen LogP contribution in [-0.4, -0.2) is 10.4 Å². The first-order valence-corrected chi connectivity index (χ1v) is 9.91. The molecule has 0 bridgehead atoms. The van der Waals surface area contributed by atoms with Gasteiger partial charge in [-0.05, 0) is 45.2 Å². The number of allylic oxidation sites excluding steroid dienone is 5. The summed E-state index contributed by atoms with van der Waals surface area (Å²) in [6.45, 7) is 19.8. The highest BCUT2D eigenvalue weighted by Gasteiger charge is 2.32. The zero-order valence-corrected chi connectivity index (χ0v) is 17.9. The second-order valence-electron chi connectivity index (χ2n) is 6.63. The first kappa shape index (κ1) is 24.3. The van der Waals surface area contributed by atoms with Gasteiger partial charge in [0.25, 0.3) is 0 Å². The normalized spacial score (nSPS) is 14.2. The van der Waals surface area contributed by atoms with Crippen molar-refractivity contribution in [1.82, 2.24) is 4.90 Å². The van der Waals surface area contributed by atoms with E-state index in [0.717, 1.165) is 30.5 Å². The van der Waals surface area contributed by atoms with Crippen molar-refractivity contribution in [2.24, 2.45) is 0 Å². The molecule has 0 atom stereocenters. The van der Waals surface area contributed by atoms with Gasteiger partial charge in [-0.25, -0.2) is 4.39 Å².